The molecule has 420 valence electrons. The van der Waals surface area contributed by atoms with E-state index in [4.69, 9.17) is 0 Å². The van der Waals surface area contributed by atoms with Crippen LogP contribution in [-0.2, 0) is 68.3 Å². The van der Waals surface area contributed by atoms with Gasteiger partial charge < -0.3 is 24.8 Å². The SMILES string of the molecule is CC(C)(C)c1ccc2c(c1)[cH-]c1cc(C(C)(C)C)ccc12.CC(C)(C)c1ccc2c(c1)[cH-]c1cc(C(C)(C)C)ccc12.C[Si](=[Zr+2])c1ccccc1.C[Si](=[Zr+2])c1ccccc1.Cc1cc2ccccc2[cH-]1.Cc1cc2ccccc2[cH-]1.[Cl-].[Cl-]. The van der Waals surface area contributed by atoms with Gasteiger partial charge in [-0.3, -0.25) is 0 Å². The van der Waals surface area contributed by atoms with Crippen molar-refractivity contribution in [2.75, 3.05) is 0 Å². The average Bonchev–Trinajstić information content (AvgIpc) is 4.34. The third-order valence-corrected chi connectivity index (χ3v) is 21.5. The Morgan fingerprint density at radius 3 is 0.756 bits per heavy atom. The van der Waals surface area contributed by atoms with E-state index >= 15 is 0 Å². The normalized spacial score (nSPS) is 11.4. The van der Waals surface area contributed by atoms with Crippen LogP contribution in [0.2, 0.25) is 13.1 Å². The second kappa shape index (κ2) is 29.5. The molecule has 0 saturated carbocycles. The number of hydrogen-bond acceptors (Lipinski definition) is 0. The van der Waals surface area contributed by atoms with Crippen molar-refractivity contribution < 1.29 is 71.5 Å². The molecule has 0 heterocycles. The molecule has 0 aliphatic rings. The molecule has 12 aromatic rings. The van der Waals surface area contributed by atoms with Crippen LogP contribution in [0.1, 0.15) is 116 Å². The first-order valence-corrected chi connectivity index (χ1v) is 39.8. The fourth-order valence-corrected chi connectivity index (χ4v) is 13.7. The molecule has 82 heavy (non-hydrogen) atoms. The molecule has 0 radical (unpaired) electrons. The summed E-state index contributed by atoms with van der Waals surface area (Å²) in [5.74, 6) is 0. The van der Waals surface area contributed by atoms with E-state index in [-0.39, 0.29) is 57.3 Å². The van der Waals surface area contributed by atoms with Crippen LogP contribution in [0.3, 0.4) is 0 Å². The molecule has 0 nitrogen and oxygen atoms in total. The summed E-state index contributed by atoms with van der Waals surface area (Å²) in [4.78, 5) is 0. The number of fused-ring (bicyclic) bond motifs is 8. The van der Waals surface area contributed by atoms with Crippen molar-refractivity contribution in [3.63, 3.8) is 0 Å². The van der Waals surface area contributed by atoms with Crippen LogP contribution in [0.5, 0.6) is 0 Å². The van der Waals surface area contributed by atoms with Crippen molar-refractivity contribution in [2.24, 2.45) is 0 Å². The standard InChI is InChI=1S/2C21H25.2C10H9.2C7H8Si.2ClH.2Zr/c2*1-20(2,3)16-7-9-18-14(12-16)11-15-13-17(21(4,5)6)8-10-19(15)18;2*1-8-6-9-4-2-3-5-10(9)7-8;2*1-8-7-5-3-2-4-6-7;;;;/h2*7-13H,1-6H3;2*2-7H,1H3;2*2-6H,1H3;2*1H;;/q4*-1;;;;;2*+2/p-2. The minimum Gasteiger partial charge on any atom is -1.00 e. The van der Waals surface area contributed by atoms with Gasteiger partial charge in [0.25, 0.3) is 0 Å². The number of rotatable bonds is 2. The van der Waals surface area contributed by atoms with Crippen LogP contribution in [0.15, 0.2) is 218 Å². The van der Waals surface area contributed by atoms with E-state index in [0.29, 0.717) is 0 Å². The Balaban J connectivity index is 0.000000187. The van der Waals surface area contributed by atoms with E-state index < -0.39 is 0 Å². The first-order chi connectivity index (χ1) is 37.6. The molecule has 6 heteroatoms. The predicted molar refractivity (Wildman–Crippen MR) is 353 cm³/mol. The summed E-state index contributed by atoms with van der Waals surface area (Å²) in [5, 5.41) is 19.5. The maximum atomic E-state index is 2.35. The zero-order valence-electron chi connectivity index (χ0n) is 51.5. The third-order valence-electron chi connectivity index (χ3n) is 14.8. The number of hydrogen-bond donors (Lipinski definition) is 0. The Morgan fingerprint density at radius 1 is 0.293 bits per heavy atom. The first kappa shape index (κ1) is 68.3. The van der Waals surface area contributed by atoms with E-state index in [9.17, 15) is 0 Å². The molecule has 0 aliphatic carbocycles. The Kier molecular flexibility index (Phi) is 24.6. The van der Waals surface area contributed by atoms with Gasteiger partial charge in [0.1, 0.15) is 0 Å². The van der Waals surface area contributed by atoms with Gasteiger partial charge in [0, 0.05) is 0 Å². The monoisotopic (exact) mass is 1300 g/mol. The Bertz CT molecular complexity index is 3540. The van der Waals surface area contributed by atoms with Gasteiger partial charge in [-0.25, -0.2) is 0 Å². The number of benzene rings is 8. The summed E-state index contributed by atoms with van der Waals surface area (Å²) in [6.07, 6.45) is 0. The fraction of sp³-hybridized carbons (Fsp3) is 0.263. The maximum absolute atomic E-state index is 2.35. The van der Waals surface area contributed by atoms with Crippen molar-refractivity contribution in [3.05, 3.63) is 252 Å². The summed E-state index contributed by atoms with van der Waals surface area (Å²) >= 11 is 3.38. The van der Waals surface area contributed by atoms with Crippen LogP contribution >= 0.6 is 0 Å². The summed E-state index contributed by atoms with van der Waals surface area (Å²) < 4.78 is 0. The van der Waals surface area contributed by atoms with Gasteiger partial charge in [-0.15, -0.1) is 161 Å². The summed E-state index contributed by atoms with van der Waals surface area (Å²) in [5.41, 5.74) is 8.88. The van der Waals surface area contributed by atoms with Crippen LogP contribution in [0.25, 0.3) is 64.6 Å². The minimum absolute atomic E-state index is 0. The number of halogens is 2. The van der Waals surface area contributed by atoms with Gasteiger partial charge in [0.2, 0.25) is 0 Å². The quantitative estimate of drug-likeness (QED) is 0.120. The topological polar surface area (TPSA) is 0 Å². The van der Waals surface area contributed by atoms with Gasteiger partial charge in [0.15, 0.2) is 0 Å². The van der Waals surface area contributed by atoms with E-state index in [2.05, 4.69) is 328 Å². The molecular weight excluding hydrogens is 1220 g/mol. The van der Waals surface area contributed by atoms with Crippen molar-refractivity contribution in [2.45, 2.75) is 132 Å². The Hall–Kier alpha value is -4.50. The van der Waals surface area contributed by atoms with Crippen molar-refractivity contribution in [3.8, 4) is 0 Å². The molecule has 0 aromatic heterocycles. The van der Waals surface area contributed by atoms with E-state index in [0.717, 1.165) is 0 Å². The van der Waals surface area contributed by atoms with Crippen molar-refractivity contribution in [1.29, 1.82) is 0 Å². The van der Waals surface area contributed by atoms with Crippen LogP contribution in [0, 0.1) is 13.8 Å². The van der Waals surface area contributed by atoms with Gasteiger partial charge >= 0.3 is 142 Å². The van der Waals surface area contributed by atoms with Crippen molar-refractivity contribution in [1.82, 2.24) is 0 Å². The van der Waals surface area contributed by atoms with Gasteiger partial charge in [0.05, 0.1) is 0 Å². The molecule has 0 N–H and O–H groups in total. The summed E-state index contributed by atoms with van der Waals surface area (Å²) in [6.45, 7) is 36.2. The van der Waals surface area contributed by atoms with E-state index in [1.165, 1.54) is 98.0 Å². The maximum Gasteiger partial charge on any atom is -0.0579 e. The molecule has 0 atom stereocenters. The molecular formula is C76H84Cl2Si2Zr2-2. The molecule has 0 unspecified atom stereocenters. The molecule has 0 amide bonds. The number of aryl methyl sites for hydroxylation is 2. The Labute approximate surface area is 535 Å². The average molecular weight is 1310 g/mol. The zero-order chi connectivity index (χ0) is 58.2. The molecule has 0 aliphatic heterocycles. The van der Waals surface area contributed by atoms with Crippen LogP contribution in [0.4, 0.5) is 0 Å². The van der Waals surface area contributed by atoms with Crippen LogP contribution < -0.4 is 35.2 Å². The van der Waals surface area contributed by atoms with E-state index in [1.807, 2.05) is 0 Å². The van der Waals surface area contributed by atoms with Gasteiger partial charge in [-0.2, -0.15) is 12.1 Å². The first-order valence-electron chi connectivity index (χ1n) is 28.4. The molecule has 0 fully saturated rings. The van der Waals surface area contributed by atoms with Crippen LogP contribution in [-0.4, -0.2) is 10.9 Å². The van der Waals surface area contributed by atoms with E-state index in [1.54, 1.807) is 57.0 Å². The second-order valence-electron chi connectivity index (χ2n) is 25.8. The smallest absolute Gasteiger partial charge is 0.0579 e. The predicted octanol–water partition coefficient (Wildman–Crippen LogP) is 14.5. The molecule has 0 spiro atoms. The molecule has 0 bridgehead atoms. The third kappa shape index (κ3) is 18.7. The molecule has 0 saturated heterocycles. The minimum atomic E-state index is -0.122. The Morgan fingerprint density at radius 2 is 0.537 bits per heavy atom. The summed E-state index contributed by atoms with van der Waals surface area (Å²) in [6, 6.07) is 79.5. The van der Waals surface area contributed by atoms with Crippen molar-refractivity contribution >= 4 is 85.9 Å². The molecule has 12 rings (SSSR count). The van der Waals surface area contributed by atoms with Gasteiger partial charge in [-0.05, 0) is 21.7 Å². The second-order valence-corrected chi connectivity index (χ2v) is 40.5. The fourth-order valence-electron chi connectivity index (χ4n) is 9.90. The van der Waals surface area contributed by atoms with Gasteiger partial charge in [-0.1, -0.05) is 180 Å². The zero-order valence-corrected chi connectivity index (χ0v) is 60.0. The largest absolute Gasteiger partial charge is 1.00 e. The molecule has 12 aromatic carbocycles. The summed E-state index contributed by atoms with van der Waals surface area (Å²) in [7, 11) is 0.